The Labute approximate surface area is 199 Å². The highest BCUT2D eigenvalue weighted by Gasteiger charge is 2.12. The number of carbonyl (C=O) groups excluding carboxylic acids is 1. The largest absolute Gasteiger partial charge is 0.490 e. The van der Waals surface area contributed by atoms with Crippen LogP contribution in [0.1, 0.15) is 34.7 Å². The fourth-order valence-corrected chi connectivity index (χ4v) is 3.47. The predicted octanol–water partition coefficient (Wildman–Crippen LogP) is 5.70. The summed E-state index contributed by atoms with van der Waals surface area (Å²) in [7, 11) is 0. The van der Waals surface area contributed by atoms with Crippen molar-refractivity contribution < 1.29 is 14.3 Å². The van der Waals surface area contributed by atoms with Crippen molar-refractivity contribution in [2.75, 3.05) is 11.9 Å². The Bertz CT molecular complexity index is 1290. The van der Waals surface area contributed by atoms with Gasteiger partial charge in [-0.05, 0) is 73.9 Å². The van der Waals surface area contributed by atoms with E-state index >= 15 is 0 Å². The molecule has 0 bridgehead atoms. The number of amides is 1. The second kappa shape index (κ2) is 11.4. The molecule has 6 nitrogen and oxygen atoms in total. The lowest BCUT2D eigenvalue weighted by molar-refractivity contribution is -0.112. The minimum atomic E-state index is -0.487. The zero-order chi connectivity index (χ0) is 24.5. The number of carbonyl (C=O) groups is 1. The van der Waals surface area contributed by atoms with Gasteiger partial charge in [0.25, 0.3) is 5.91 Å². The molecule has 0 saturated carbocycles. The first kappa shape index (κ1) is 24.1. The summed E-state index contributed by atoms with van der Waals surface area (Å²) in [4.78, 5) is 12.7. The summed E-state index contributed by atoms with van der Waals surface area (Å²) in [5, 5.41) is 21.6. The topological polar surface area (TPSA) is 95.1 Å². The van der Waals surface area contributed by atoms with Crippen molar-refractivity contribution in [1.29, 1.82) is 10.5 Å². The number of ether oxygens (including phenoxy) is 2. The van der Waals surface area contributed by atoms with Crippen LogP contribution >= 0.6 is 0 Å². The van der Waals surface area contributed by atoms with Gasteiger partial charge in [-0.25, -0.2) is 0 Å². The van der Waals surface area contributed by atoms with E-state index in [2.05, 4.69) is 11.4 Å². The predicted molar refractivity (Wildman–Crippen MR) is 131 cm³/mol. The first-order chi connectivity index (χ1) is 16.4. The van der Waals surface area contributed by atoms with Crippen LogP contribution in [0.5, 0.6) is 11.5 Å². The molecule has 6 heteroatoms. The van der Waals surface area contributed by atoms with E-state index in [0.29, 0.717) is 34.9 Å². The van der Waals surface area contributed by atoms with Crippen LogP contribution in [0.2, 0.25) is 0 Å². The highest BCUT2D eigenvalue weighted by molar-refractivity contribution is 6.09. The van der Waals surface area contributed by atoms with Crippen molar-refractivity contribution in [3.8, 4) is 23.6 Å². The minimum Gasteiger partial charge on any atom is -0.490 e. The Hall–Kier alpha value is -4.55. The first-order valence-corrected chi connectivity index (χ1v) is 10.8. The summed E-state index contributed by atoms with van der Waals surface area (Å²) in [6.07, 6.45) is 1.51. The number of nitrogens with one attached hydrogen (secondary N) is 1. The molecule has 0 aliphatic heterocycles. The molecule has 3 rings (SSSR count). The Kier molecular flexibility index (Phi) is 8.05. The molecule has 3 aromatic carbocycles. The van der Waals surface area contributed by atoms with E-state index in [4.69, 9.17) is 9.47 Å². The molecular weight excluding hydrogens is 426 g/mol. The van der Waals surface area contributed by atoms with Gasteiger partial charge < -0.3 is 14.8 Å². The number of nitrogens with zero attached hydrogens (tertiary/aromatic N) is 2. The number of benzene rings is 3. The van der Waals surface area contributed by atoms with Gasteiger partial charge in [-0.2, -0.15) is 10.5 Å². The normalized spacial score (nSPS) is 10.7. The van der Waals surface area contributed by atoms with E-state index in [1.807, 2.05) is 57.2 Å². The van der Waals surface area contributed by atoms with Gasteiger partial charge in [-0.15, -0.1) is 0 Å². The summed E-state index contributed by atoms with van der Waals surface area (Å²) >= 11 is 0. The molecule has 34 heavy (non-hydrogen) atoms. The average Bonchev–Trinajstić information content (AvgIpc) is 2.81. The molecule has 0 aliphatic rings. The van der Waals surface area contributed by atoms with Crippen LogP contribution in [0.15, 0.2) is 66.2 Å². The maximum Gasteiger partial charge on any atom is 0.266 e. The maximum absolute atomic E-state index is 12.7. The van der Waals surface area contributed by atoms with Crippen LogP contribution in [0.25, 0.3) is 6.08 Å². The molecule has 1 N–H and O–H groups in total. The molecule has 0 unspecified atom stereocenters. The monoisotopic (exact) mass is 451 g/mol. The van der Waals surface area contributed by atoms with Crippen LogP contribution in [0.4, 0.5) is 5.69 Å². The number of nitriles is 2. The Balaban J connectivity index is 1.81. The van der Waals surface area contributed by atoms with Crippen LogP contribution < -0.4 is 14.8 Å². The van der Waals surface area contributed by atoms with E-state index in [-0.39, 0.29) is 12.2 Å². The van der Waals surface area contributed by atoms with Crippen molar-refractivity contribution in [3.05, 3.63) is 94.1 Å². The fourth-order valence-electron chi connectivity index (χ4n) is 3.47. The summed E-state index contributed by atoms with van der Waals surface area (Å²) in [5.41, 5.74) is 4.60. The summed E-state index contributed by atoms with van der Waals surface area (Å²) in [6.45, 7) is 6.37. The minimum absolute atomic E-state index is 0.0294. The second-order valence-corrected chi connectivity index (χ2v) is 7.70. The Morgan fingerprint density at radius 3 is 2.38 bits per heavy atom. The molecule has 0 spiro atoms. The van der Waals surface area contributed by atoms with E-state index in [1.54, 1.807) is 30.3 Å². The van der Waals surface area contributed by atoms with E-state index in [0.717, 1.165) is 16.7 Å². The van der Waals surface area contributed by atoms with E-state index < -0.39 is 5.91 Å². The van der Waals surface area contributed by atoms with Crippen LogP contribution in [-0.2, 0) is 11.4 Å². The van der Waals surface area contributed by atoms with Crippen LogP contribution in [0.3, 0.4) is 0 Å². The Morgan fingerprint density at radius 2 is 1.71 bits per heavy atom. The zero-order valence-electron chi connectivity index (χ0n) is 19.4. The number of aryl methyl sites for hydroxylation is 2. The third-order valence-electron chi connectivity index (χ3n) is 4.94. The standard InChI is InChI=1S/C28H25N3O3/c1-4-33-27-15-21(9-10-26(27)34-18-23-8-6-5-7-22(23)16-29)14-24(17-30)28(32)31-25-12-19(2)11-20(3)13-25/h5-15H,4,18H2,1-3H3,(H,31,32). The third kappa shape index (κ3) is 6.25. The van der Waals surface area contributed by atoms with Gasteiger partial charge in [-0.3, -0.25) is 4.79 Å². The number of hydrogen-bond donors (Lipinski definition) is 1. The average molecular weight is 452 g/mol. The summed E-state index contributed by atoms with van der Waals surface area (Å²) in [6, 6.07) is 22.3. The molecular formula is C28H25N3O3. The number of rotatable bonds is 8. The third-order valence-corrected chi connectivity index (χ3v) is 4.94. The quantitative estimate of drug-likeness (QED) is 0.350. The van der Waals surface area contributed by atoms with Crippen LogP contribution in [-0.4, -0.2) is 12.5 Å². The van der Waals surface area contributed by atoms with Gasteiger partial charge in [0.2, 0.25) is 0 Å². The van der Waals surface area contributed by atoms with Crippen LogP contribution in [0, 0.1) is 36.5 Å². The maximum atomic E-state index is 12.7. The summed E-state index contributed by atoms with van der Waals surface area (Å²) < 4.78 is 11.6. The molecule has 170 valence electrons. The molecule has 0 atom stereocenters. The van der Waals surface area contributed by atoms with Crippen molar-refractivity contribution in [2.45, 2.75) is 27.4 Å². The number of anilines is 1. The molecule has 0 saturated heterocycles. The fraction of sp³-hybridized carbons (Fsp3) is 0.179. The first-order valence-electron chi connectivity index (χ1n) is 10.8. The molecule has 0 radical (unpaired) electrons. The van der Waals surface area contributed by atoms with E-state index in [9.17, 15) is 15.3 Å². The molecule has 3 aromatic rings. The molecule has 0 fully saturated rings. The van der Waals surface area contributed by atoms with Gasteiger partial charge in [0.1, 0.15) is 18.2 Å². The number of hydrogen-bond acceptors (Lipinski definition) is 5. The lowest BCUT2D eigenvalue weighted by atomic mass is 10.1. The van der Waals surface area contributed by atoms with Gasteiger partial charge >= 0.3 is 0 Å². The van der Waals surface area contributed by atoms with E-state index in [1.165, 1.54) is 6.08 Å². The molecule has 0 aliphatic carbocycles. The van der Waals surface area contributed by atoms with Gasteiger partial charge in [0.15, 0.2) is 11.5 Å². The zero-order valence-corrected chi connectivity index (χ0v) is 19.4. The second-order valence-electron chi connectivity index (χ2n) is 7.70. The van der Waals surface area contributed by atoms with Crippen molar-refractivity contribution in [3.63, 3.8) is 0 Å². The lowest BCUT2D eigenvalue weighted by Crippen LogP contribution is -2.13. The highest BCUT2D eigenvalue weighted by Crippen LogP contribution is 2.30. The van der Waals surface area contributed by atoms with Gasteiger partial charge in [0, 0.05) is 11.3 Å². The van der Waals surface area contributed by atoms with Gasteiger partial charge in [-0.1, -0.05) is 30.3 Å². The molecule has 1 amide bonds. The molecule has 0 heterocycles. The highest BCUT2D eigenvalue weighted by atomic mass is 16.5. The van der Waals surface area contributed by atoms with Crippen molar-refractivity contribution in [1.82, 2.24) is 0 Å². The van der Waals surface area contributed by atoms with Crippen molar-refractivity contribution >= 4 is 17.7 Å². The molecule has 0 aromatic heterocycles. The Morgan fingerprint density at radius 1 is 0.971 bits per heavy atom. The summed E-state index contributed by atoms with van der Waals surface area (Å²) in [5.74, 6) is 0.501. The van der Waals surface area contributed by atoms with Crippen molar-refractivity contribution in [2.24, 2.45) is 0 Å². The van der Waals surface area contributed by atoms with Gasteiger partial charge in [0.05, 0.1) is 18.2 Å². The lowest BCUT2D eigenvalue weighted by Gasteiger charge is -2.13. The smallest absolute Gasteiger partial charge is 0.266 e. The SMILES string of the molecule is CCOc1cc(C=C(C#N)C(=O)Nc2cc(C)cc(C)c2)ccc1OCc1ccccc1C#N.